The maximum absolute atomic E-state index is 10.8. The summed E-state index contributed by atoms with van der Waals surface area (Å²) in [6.07, 6.45) is 2.04. The van der Waals surface area contributed by atoms with Gasteiger partial charge in [0, 0.05) is 5.71 Å². The number of carbonyl (C=O) groups is 1. The maximum Gasteiger partial charge on any atom is 0.428 e. The summed E-state index contributed by atoms with van der Waals surface area (Å²) in [5.74, 6) is 0. The second kappa shape index (κ2) is 3.36. The van der Waals surface area contributed by atoms with Gasteiger partial charge in [-0.05, 0) is 40.0 Å². The highest BCUT2D eigenvalue weighted by Crippen LogP contribution is 2.20. The molecular formula is C9H16N2O2. The van der Waals surface area contributed by atoms with Crippen molar-refractivity contribution in [3.05, 3.63) is 0 Å². The molecule has 0 aromatic heterocycles. The Morgan fingerprint density at radius 2 is 2.00 bits per heavy atom. The molecular weight excluding hydrogens is 168 g/mol. The topological polar surface area (TPSA) is 52.9 Å². The fourth-order valence-corrected chi connectivity index (χ4v) is 1.06. The molecule has 1 saturated carbocycles. The van der Waals surface area contributed by atoms with Crippen LogP contribution in [0.25, 0.3) is 0 Å². The predicted molar refractivity (Wildman–Crippen MR) is 50.9 cm³/mol. The van der Waals surface area contributed by atoms with E-state index in [2.05, 4.69) is 5.10 Å². The van der Waals surface area contributed by atoms with Gasteiger partial charge in [0.05, 0.1) is 5.54 Å². The molecule has 1 aliphatic rings. The molecule has 0 saturated heterocycles. The lowest BCUT2D eigenvalue weighted by Gasteiger charge is -2.30. The summed E-state index contributed by atoms with van der Waals surface area (Å²) in [6.45, 7) is 5.51. The van der Waals surface area contributed by atoms with E-state index in [1.165, 1.54) is 0 Å². The Morgan fingerprint density at radius 1 is 1.46 bits per heavy atom. The quantitative estimate of drug-likeness (QED) is 0.636. The van der Waals surface area contributed by atoms with E-state index in [0.29, 0.717) is 0 Å². The van der Waals surface area contributed by atoms with Crippen molar-refractivity contribution in [3.63, 3.8) is 0 Å². The number of hydrogen-bond donors (Lipinski definition) is 1. The predicted octanol–water partition coefficient (Wildman–Crippen LogP) is 2.30. The lowest BCUT2D eigenvalue weighted by atomic mass is 9.97. The van der Waals surface area contributed by atoms with Gasteiger partial charge < -0.3 is 5.11 Å². The average Bonchev–Trinajstić information content (AvgIpc) is 1.79. The van der Waals surface area contributed by atoms with Crippen LogP contribution >= 0.6 is 0 Å². The molecule has 0 atom stereocenters. The molecule has 0 radical (unpaired) electrons. The molecule has 0 aromatic carbocycles. The normalized spacial score (nSPS) is 16.4. The van der Waals surface area contributed by atoms with Crippen molar-refractivity contribution < 1.29 is 9.90 Å². The van der Waals surface area contributed by atoms with E-state index in [-0.39, 0.29) is 0 Å². The van der Waals surface area contributed by atoms with Crippen LogP contribution in [0.15, 0.2) is 5.10 Å². The number of hydrazone groups is 1. The molecule has 1 amide bonds. The molecule has 1 aliphatic carbocycles. The van der Waals surface area contributed by atoms with Crippen LogP contribution in [0.3, 0.4) is 0 Å². The Balaban J connectivity index is 2.74. The SMILES string of the molecule is CC(C)(C)N(N=C1CCC1)C(=O)O. The van der Waals surface area contributed by atoms with Crippen molar-refractivity contribution in [2.75, 3.05) is 0 Å². The number of nitrogens with zero attached hydrogens (tertiary/aromatic N) is 2. The van der Waals surface area contributed by atoms with Gasteiger partial charge >= 0.3 is 6.09 Å². The number of amides is 1. The highest BCUT2D eigenvalue weighted by Gasteiger charge is 2.27. The van der Waals surface area contributed by atoms with Gasteiger partial charge in [-0.2, -0.15) is 10.1 Å². The zero-order valence-corrected chi connectivity index (χ0v) is 8.37. The van der Waals surface area contributed by atoms with E-state index in [1.54, 1.807) is 0 Å². The zero-order chi connectivity index (χ0) is 10.1. The molecule has 74 valence electrons. The molecule has 0 spiro atoms. The minimum Gasteiger partial charge on any atom is -0.464 e. The first-order valence-electron chi connectivity index (χ1n) is 4.51. The third-order valence-electron chi connectivity index (χ3n) is 1.99. The molecule has 4 nitrogen and oxygen atoms in total. The summed E-state index contributed by atoms with van der Waals surface area (Å²) in [5, 5.41) is 14.1. The third-order valence-corrected chi connectivity index (χ3v) is 1.99. The Bertz CT molecular complexity index is 234. The highest BCUT2D eigenvalue weighted by molar-refractivity contribution is 5.89. The first-order valence-corrected chi connectivity index (χ1v) is 4.51. The van der Waals surface area contributed by atoms with E-state index >= 15 is 0 Å². The Labute approximate surface area is 78.2 Å². The molecule has 1 rings (SSSR count). The van der Waals surface area contributed by atoms with Crippen LogP contribution in [-0.4, -0.2) is 27.5 Å². The van der Waals surface area contributed by atoms with Crippen LogP contribution in [0.4, 0.5) is 4.79 Å². The van der Waals surface area contributed by atoms with E-state index < -0.39 is 11.6 Å². The largest absolute Gasteiger partial charge is 0.464 e. The fourth-order valence-electron chi connectivity index (χ4n) is 1.06. The van der Waals surface area contributed by atoms with Crippen molar-refractivity contribution in [1.29, 1.82) is 0 Å². The van der Waals surface area contributed by atoms with Gasteiger partial charge in [0.2, 0.25) is 0 Å². The first-order chi connectivity index (χ1) is 5.91. The van der Waals surface area contributed by atoms with E-state index in [1.807, 2.05) is 20.8 Å². The van der Waals surface area contributed by atoms with Gasteiger partial charge in [0.15, 0.2) is 0 Å². The minimum absolute atomic E-state index is 0.450. The number of hydrogen-bond acceptors (Lipinski definition) is 2. The highest BCUT2D eigenvalue weighted by atomic mass is 16.4. The molecule has 0 heterocycles. The molecule has 1 fully saturated rings. The van der Waals surface area contributed by atoms with Gasteiger partial charge in [-0.25, -0.2) is 4.79 Å². The minimum atomic E-state index is -0.980. The van der Waals surface area contributed by atoms with Crippen LogP contribution in [0.2, 0.25) is 0 Å². The number of rotatable bonds is 1. The van der Waals surface area contributed by atoms with Gasteiger partial charge in [-0.3, -0.25) is 0 Å². The lowest BCUT2D eigenvalue weighted by molar-refractivity contribution is 0.102. The lowest BCUT2D eigenvalue weighted by Crippen LogP contribution is -2.42. The molecule has 0 bridgehead atoms. The molecule has 1 N–H and O–H groups in total. The van der Waals surface area contributed by atoms with Crippen LogP contribution in [0, 0.1) is 0 Å². The van der Waals surface area contributed by atoms with E-state index in [9.17, 15) is 4.79 Å². The molecule has 13 heavy (non-hydrogen) atoms. The second-order valence-electron chi connectivity index (χ2n) is 4.28. The molecule has 0 aliphatic heterocycles. The van der Waals surface area contributed by atoms with Crippen LogP contribution < -0.4 is 0 Å². The van der Waals surface area contributed by atoms with Gasteiger partial charge in [0.25, 0.3) is 0 Å². The van der Waals surface area contributed by atoms with Crippen LogP contribution in [0.5, 0.6) is 0 Å². The molecule has 4 heteroatoms. The Hall–Kier alpha value is -1.06. The zero-order valence-electron chi connectivity index (χ0n) is 8.37. The maximum atomic E-state index is 10.8. The smallest absolute Gasteiger partial charge is 0.428 e. The molecule has 0 unspecified atom stereocenters. The van der Waals surface area contributed by atoms with Crippen molar-refractivity contribution >= 4 is 11.8 Å². The third kappa shape index (κ3) is 2.44. The summed E-state index contributed by atoms with van der Waals surface area (Å²) in [6, 6.07) is 0. The van der Waals surface area contributed by atoms with Gasteiger partial charge in [-0.1, -0.05) is 0 Å². The van der Waals surface area contributed by atoms with Gasteiger partial charge in [0.1, 0.15) is 0 Å². The van der Waals surface area contributed by atoms with E-state index in [4.69, 9.17) is 5.11 Å². The second-order valence-corrected chi connectivity index (χ2v) is 4.28. The molecule has 0 aromatic rings. The van der Waals surface area contributed by atoms with Crippen molar-refractivity contribution in [1.82, 2.24) is 5.01 Å². The Morgan fingerprint density at radius 3 is 2.23 bits per heavy atom. The average molecular weight is 184 g/mol. The summed E-state index contributed by atoms with van der Waals surface area (Å²) in [5.41, 5.74) is 0.548. The Kier molecular flexibility index (Phi) is 2.59. The summed E-state index contributed by atoms with van der Waals surface area (Å²) in [4.78, 5) is 10.8. The summed E-state index contributed by atoms with van der Waals surface area (Å²) < 4.78 is 0. The van der Waals surface area contributed by atoms with Crippen LogP contribution in [0.1, 0.15) is 40.0 Å². The fraction of sp³-hybridized carbons (Fsp3) is 0.778. The number of carboxylic acid groups (broad SMARTS) is 1. The van der Waals surface area contributed by atoms with Crippen molar-refractivity contribution in [2.45, 2.75) is 45.6 Å². The standard InChI is InChI=1S/C9H16N2O2/c1-9(2,3)11(8(12)13)10-7-5-4-6-7/h4-6H2,1-3H3,(H,12,13). The van der Waals surface area contributed by atoms with Crippen molar-refractivity contribution in [3.8, 4) is 0 Å². The monoisotopic (exact) mass is 184 g/mol. The first kappa shape index (κ1) is 10.0. The van der Waals surface area contributed by atoms with Crippen LogP contribution in [-0.2, 0) is 0 Å². The van der Waals surface area contributed by atoms with E-state index in [0.717, 1.165) is 30.0 Å². The summed E-state index contributed by atoms with van der Waals surface area (Å²) >= 11 is 0. The summed E-state index contributed by atoms with van der Waals surface area (Å²) in [7, 11) is 0. The van der Waals surface area contributed by atoms with Gasteiger partial charge in [-0.15, -0.1) is 0 Å². The van der Waals surface area contributed by atoms with Crippen molar-refractivity contribution in [2.24, 2.45) is 5.10 Å².